The highest BCUT2D eigenvalue weighted by Gasteiger charge is 2.38. The van der Waals surface area contributed by atoms with Crippen molar-refractivity contribution in [3.63, 3.8) is 0 Å². The van der Waals surface area contributed by atoms with E-state index in [9.17, 15) is 13.6 Å². The summed E-state index contributed by atoms with van der Waals surface area (Å²) < 4.78 is 37.4. The molecule has 0 radical (unpaired) electrons. The highest BCUT2D eigenvalue weighted by molar-refractivity contribution is 7.09. The summed E-state index contributed by atoms with van der Waals surface area (Å²) in [6.07, 6.45) is -3.24. The van der Waals surface area contributed by atoms with Crippen LogP contribution in [-0.2, 0) is 19.9 Å². The number of esters is 1. The largest absolute Gasteiger partial charge is 0.448 e. The van der Waals surface area contributed by atoms with Crippen LogP contribution in [0.3, 0.4) is 0 Å². The van der Waals surface area contributed by atoms with Gasteiger partial charge >= 0.3 is 5.97 Å². The standard InChI is InChI=1S/C38H30F2N4O3S/c39-26-32(40)47-43-33(36(45)46-34(27-16-6-1-7-17-27)28-18-8-2-9-19-28)35-41-37(48-44-35)42-38(29-20-10-3-11-21-29,30-22-12-4-13-23-30)31-24-14-5-15-25-31/h1-25,32,34H,26H2,(H,41,42,44). The van der Waals surface area contributed by atoms with E-state index < -0.39 is 36.4 Å². The topological polar surface area (TPSA) is 85.7 Å². The Morgan fingerprint density at radius 3 is 1.60 bits per heavy atom. The zero-order valence-electron chi connectivity index (χ0n) is 25.5. The molecule has 1 N–H and O–H groups in total. The molecule has 6 rings (SSSR count). The Labute approximate surface area is 280 Å². The fourth-order valence-electron chi connectivity index (χ4n) is 5.37. The first kappa shape index (κ1) is 32.2. The average Bonchev–Trinajstić information content (AvgIpc) is 3.62. The molecule has 0 fully saturated rings. The summed E-state index contributed by atoms with van der Waals surface area (Å²) in [7, 11) is 0. The number of carbonyl (C=O) groups excluding carboxylic acids is 1. The van der Waals surface area contributed by atoms with Gasteiger partial charge in [0.05, 0.1) is 0 Å². The first-order valence-electron chi connectivity index (χ1n) is 15.1. The molecule has 5 aromatic carbocycles. The molecular formula is C38H30F2N4O3S. The Hall–Kier alpha value is -5.74. The molecule has 0 bridgehead atoms. The molecule has 0 saturated carbocycles. The molecule has 1 aromatic heterocycles. The van der Waals surface area contributed by atoms with Gasteiger partial charge in [-0.05, 0) is 27.8 Å². The number of nitrogens with zero attached hydrogens (tertiary/aromatic N) is 3. The number of anilines is 1. The van der Waals surface area contributed by atoms with Crippen LogP contribution in [0.25, 0.3) is 0 Å². The highest BCUT2D eigenvalue weighted by Crippen LogP contribution is 2.40. The molecule has 240 valence electrons. The fourth-order valence-corrected chi connectivity index (χ4v) is 5.99. The summed E-state index contributed by atoms with van der Waals surface area (Å²) in [5.74, 6) is -1.16. The van der Waals surface area contributed by atoms with Crippen LogP contribution in [0.5, 0.6) is 0 Å². The Balaban J connectivity index is 1.40. The molecule has 1 heterocycles. The van der Waals surface area contributed by atoms with Crippen LogP contribution < -0.4 is 5.32 Å². The van der Waals surface area contributed by atoms with E-state index >= 15 is 0 Å². The summed E-state index contributed by atoms with van der Waals surface area (Å²) in [5.41, 5.74) is 2.70. The van der Waals surface area contributed by atoms with Crippen LogP contribution >= 0.6 is 11.5 Å². The zero-order valence-corrected chi connectivity index (χ0v) is 26.3. The molecule has 7 nitrogen and oxygen atoms in total. The van der Waals surface area contributed by atoms with Crippen molar-refractivity contribution in [2.45, 2.75) is 18.0 Å². The molecule has 0 aliphatic heterocycles. The number of ether oxygens (including phenoxy) is 1. The predicted molar refractivity (Wildman–Crippen MR) is 182 cm³/mol. The van der Waals surface area contributed by atoms with Crippen LogP contribution in [-0.4, -0.2) is 34.1 Å². The van der Waals surface area contributed by atoms with E-state index in [-0.39, 0.29) is 5.82 Å². The second-order valence-corrected chi connectivity index (χ2v) is 11.4. The van der Waals surface area contributed by atoms with Gasteiger partial charge < -0.3 is 14.9 Å². The van der Waals surface area contributed by atoms with Gasteiger partial charge in [0.1, 0.15) is 5.54 Å². The number of oxime groups is 1. The molecule has 0 aliphatic rings. The van der Waals surface area contributed by atoms with E-state index in [1.54, 1.807) is 0 Å². The van der Waals surface area contributed by atoms with Gasteiger partial charge in [-0.2, -0.15) is 13.7 Å². The number of aromatic nitrogens is 2. The molecule has 0 spiro atoms. The minimum absolute atomic E-state index is 0.179. The predicted octanol–water partition coefficient (Wildman–Crippen LogP) is 8.26. The maximum Gasteiger partial charge on any atom is 0.365 e. The lowest BCUT2D eigenvalue weighted by Crippen LogP contribution is -2.38. The van der Waals surface area contributed by atoms with Crippen LogP contribution in [0, 0.1) is 0 Å². The maximum absolute atomic E-state index is 13.9. The SMILES string of the molecule is O=C(OC(c1ccccc1)c1ccccc1)C(=NOC(F)CF)c1nsc(NC(c2ccccc2)(c2ccccc2)c2ccccc2)n1. The number of hydrogen-bond donors (Lipinski definition) is 1. The number of benzene rings is 5. The van der Waals surface area contributed by atoms with Crippen molar-refractivity contribution < 1.29 is 23.1 Å². The number of carbonyl (C=O) groups is 1. The third-order valence-corrected chi connectivity index (χ3v) is 8.19. The summed E-state index contributed by atoms with van der Waals surface area (Å²) in [6.45, 7) is -1.46. The van der Waals surface area contributed by atoms with Gasteiger partial charge in [0.15, 0.2) is 12.8 Å². The van der Waals surface area contributed by atoms with E-state index in [0.29, 0.717) is 16.3 Å². The first-order valence-corrected chi connectivity index (χ1v) is 15.9. The average molecular weight is 661 g/mol. The fraction of sp³-hybridized carbons (Fsp3) is 0.105. The minimum Gasteiger partial charge on any atom is -0.448 e. The Morgan fingerprint density at radius 2 is 1.17 bits per heavy atom. The van der Waals surface area contributed by atoms with Gasteiger partial charge in [-0.3, -0.25) is 0 Å². The van der Waals surface area contributed by atoms with E-state index in [4.69, 9.17) is 4.74 Å². The molecule has 0 aliphatic carbocycles. The molecule has 48 heavy (non-hydrogen) atoms. The molecule has 6 aromatic rings. The maximum atomic E-state index is 13.9. The number of alkyl halides is 2. The molecule has 1 atom stereocenters. The van der Waals surface area contributed by atoms with Gasteiger partial charge in [0, 0.05) is 11.5 Å². The van der Waals surface area contributed by atoms with Gasteiger partial charge in [0.2, 0.25) is 16.7 Å². The second-order valence-electron chi connectivity index (χ2n) is 10.6. The molecule has 1 unspecified atom stereocenters. The molecule has 0 saturated heterocycles. The van der Waals surface area contributed by atoms with Gasteiger partial charge in [0.25, 0.3) is 6.36 Å². The van der Waals surface area contributed by atoms with Crippen LogP contribution in [0.4, 0.5) is 13.9 Å². The van der Waals surface area contributed by atoms with Gasteiger partial charge in [-0.15, -0.1) is 0 Å². The van der Waals surface area contributed by atoms with E-state index in [2.05, 4.69) is 24.7 Å². The lowest BCUT2D eigenvalue weighted by Gasteiger charge is -2.36. The van der Waals surface area contributed by atoms with Crippen molar-refractivity contribution >= 4 is 28.3 Å². The van der Waals surface area contributed by atoms with Crippen molar-refractivity contribution in [1.29, 1.82) is 0 Å². The third-order valence-electron chi connectivity index (χ3n) is 7.56. The molecule has 0 amide bonds. The second kappa shape index (κ2) is 15.2. The van der Waals surface area contributed by atoms with E-state index in [1.807, 2.05) is 152 Å². The smallest absolute Gasteiger partial charge is 0.365 e. The number of rotatable bonds is 13. The first-order chi connectivity index (χ1) is 23.6. The monoisotopic (exact) mass is 660 g/mol. The minimum atomic E-state index is -2.40. The summed E-state index contributed by atoms with van der Waals surface area (Å²) in [4.78, 5) is 23.1. The number of halogens is 2. The van der Waals surface area contributed by atoms with Crippen molar-refractivity contribution in [2.24, 2.45) is 5.16 Å². The van der Waals surface area contributed by atoms with Crippen molar-refractivity contribution in [1.82, 2.24) is 9.36 Å². The van der Waals surface area contributed by atoms with Crippen LogP contribution in [0.1, 0.15) is 39.7 Å². The van der Waals surface area contributed by atoms with E-state index in [0.717, 1.165) is 28.2 Å². The van der Waals surface area contributed by atoms with Crippen molar-refractivity contribution in [3.05, 3.63) is 185 Å². The molecule has 10 heteroatoms. The number of hydrogen-bond acceptors (Lipinski definition) is 8. The Kier molecular flexibility index (Phi) is 10.2. The summed E-state index contributed by atoms with van der Waals surface area (Å²) in [6, 6.07) is 47.9. The van der Waals surface area contributed by atoms with Crippen molar-refractivity contribution in [2.75, 3.05) is 12.0 Å². The third kappa shape index (κ3) is 7.13. The van der Waals surface area contributed by atoms with Crippen LogP contribution in [0.2, 0.25) is 0 Å². The number of nitrogens with one attached hydrogen (secondary N) is 1. The zero-order chi connectivity index (χ0) is 33.2. The summed E-state index contributed by atoms with van der Waals surface area (Å²) >= 11 is 0.974. The summed E-state index contributed by atoms with van der Waals surface area (Å²) in [5, 5.41) is 7.58. The lowest BCUT2D eigenvalue weighted by atomic mass is 9.77. The van der Waals surface area contributed by atoms with E-state index in [1.165, 1.54) is 0 Å². The van der Waals surface area contributed by atoms with Crippen molar-refractivity contribution in [3.8, 4) is 0 Å². The van der Waals surface area contributed by atoms with Crippen LogP contribution in [0.15, 0.2) is 157 Å². The Bertz CT molecular complexity index is 1790. The normalized spacial score (nSPS) is 12.4. The quantitative estimate of drug-likeness (QED) is 0.0581. The van der Waals surface area contributed by atoms with Gasteiger partial charge in [-0.25, -0.2) is 9.18 Å². The Morgan fingerprint density at radius 1 is 0.729 bits per heavy atom. The highest BCUT2D eigenvalue weighted by atomic mass is 32.1. The van der Waals surface area contributed by atoms with Gasteiger partial charge in [-0.1, -0.05) is 157 Å². The molecular weight excluding hydrogens is 631 g/mol. The lowest BCUT2D eigenvalue weighted by molar-refractivity contribution is -0.139.